The molecule has 0 aromatic heterocycles. The van der Waals surface area contributed by atoms with Gasteiger partial charge < -0.3 is 0 Å². The fourth-order valence-electron chi connectivity index (χ4n) is 0.144. The molecule has 0 aromatic carbocycles. The summed E-state index contributed by atoms with van der Waals surface area (Å²) in [5, 5.41) is 0. The molecule has 0 N–H and O–H groups in total. The average Bonchev–Trinajstić information content (AvgIpc) is 1.65. The van der Waals surface area contributed by atoms with Crippen LogP contribution >= 0.6 is 0 Å². The molecule has 0 atom stereocenters. The van der Waals surface area contributed by atoms with Crippen molar-refractivity contribution in [3.63, 3.8) is 0 Å². The predicted molar refractivity (Wildman–Crippen MR) is 29.4 cm³/mol. The maximum atomic E-state index is 3.59. The molecule has 0 saturated heterocycles. The van der Waals surface area contributed by atoms with E-state index in [9.17, 15) is 0 Å². The Bertz CT molecular complexity index is 51.1. The van der Waals surface area contributed by atoms with Gasteiger partial charge in [0.05, 0.1) is 0 Å². The number of allylic oxidation sites excluding steroid dienone is 2. The van der Waals surface area contributed by atoms with E-state index in [0.29, 0.717) is 0 Å². The van der Waals surface area contributed by atoms with Gasteiger partial charge in [-0.05, 0) is 20.3 Å². The lowest BCUT2D eigenvalue weighted by Crippen LogP contribution is -1.64. The van der Waals surface area contributed by atoms with Crippen LogP contribution in [0.15, 0.2) is 11.6 Å². The van der Waals surface area contributed by atoms with E-state index in [1.54, 1.807) is 0 Å². The summed E-state index contributed by atoms with van der Waals surface area (Å²) in [5.74, 6) is 0. The zero-order chi connectivity index (χ0) is 4.99. The van der Waals surface area contributed by atoms with Crippen molar-refractivity contribution in [2.24, 2.45) is 0 Å². The summed E-state index contributed by atoms with van der Waals surface area (Å²) in [6.07, 6.45) is 3.02. The van der Waals surface area contributed by atoms with Crippen molar-refractivity contribution in [3.8, 4) is 0 Å². The van der Waals surface area contributed by atoms with Crippen LogP contribution in [0.1, 0.15) is 20.3 Å². The normalized spacial score (nSPS) is 12.2. The third-order valence-electron chi connectivity index (χ3n) is 0.906. The second kappa shape index (κ2) is 2.95. The number of hydrogen-bond donors (Lipinski definition) is 0. The zero-order valence-electron chi connectivity index (χ0n) is 4.49. The third kappa shape index (κ3) is 2.01. The molecule has 0 nitrogen and oxygen atoms in total. The van der Waals surface area contributed by atoms with Crippen LogP contribution in [-0.4, -0.2) is 0 Å². The maximum Gasteiger partial charge on any atom is -0.0313 e. The largest absolute Gasteiger partial charge is 0.0853 e. The lowest BCUT2D eigenvalue weighted by atomic mass is 10.2. The van der Waals surface area contributed by atoms with E-state index in [2.05, 4.69) is 20.8 Å². The Hall–Kier alpha value is -0.260. The van der Waals surface area contributed by atoms with Gasteiger partial charge in [-0.1, -0.05) is 18.6 Å². The molecule has 0 heteroatoms. The molecule has 0 bridgehead atoms. The summed E-state index contributed by atoms with van der Waals surface area (Å²) in [7, 11) is 0. The highest BCUT2D eigenvalue weighted by molar-refractivity contribution is 4.97. The fourth-order valence-corrected chi connectivity index (χ4v) is 0.144. The van der Waals surface area contributed by atoms with Crippen LogP contribution in [0.5, 0.6) is 0 Å². The summed E-state index contributed by atoms with van der Waals surface area (Å²) in [6, 6.07) is 0. The lowest BCUT2D eigenvalue weighted by molar-refractivity contribution is 1.10. The maximum absolute atomic E-state index is 3.59. The van der Waals surface area contributed by atoms with Crippen molar-refractivity contribution in [1.29, 1.82) is 0 Å². The van der Waals surface area contributed by atoms with Crippen LogP contribution in [0.4, 0.5) is 0 Å². The average molecular weight is 83.2 g/mol. The minimum Gasteiger partial charge on any atom is -0.0853 e. The van der Waals surface area contributed by atoms with Crippen molar-refractivity contribution >= 4 is 0 Å². The topological polar surface area (TPSA) is 0 Å². The smallest absolute Gasteiger partial charge is 0.0313 e. The summed E-state index contributed by atoms with van der Waals surface area (Å²) in [4.78, 5) is 0. The van der Waals surface area contributed by atoms with Crippen LogP contribution < -0.4 is 0 Å². The molecular formula is C6H11. The molecule has 0 saturated carbocycles. The van der Waals surface area contributed by atoms with Crippen LogP contribution in [0.2, 0.25) is 0 Å². The number of hydrogen-bond acceptors (Lipinski definition) is 0. The fraction of sp³-hybridized carbons (Fsp3) is 0.500. The lowest BCUT2D eigenvalue weighted by Gasteiger charge is -1.84. The van der Waals surface area contributed by atoms with E-state index in [4.69, 9.17) is 0 Å². The van der Waals surface area contributed by atoms with E-state index in [1.165, 1.54) is 5.57 Å². The summed E-state index contributed by atoms with van der Waals surface area (Å²) in [6.45, 7) is 7.79. The van der Waals surface area contributed by atoms with Crippen molar-refractivity contribution in [2.45, 2.75) is 20.3 Å². The Kier molecular flexibility index (Phi) is 2.82. The second-order valence-electron chi connectivity index (χ2n) is 1.40. The molecule has 0 aliphatic carbocycles. The van der Waals surface area contributed by atoms with Crippen molar-refractivity contribution in [3.05, 3.63) is 18.6 Å². The van der Waals surface area contributed by atoms with E-state index >= 15 is 0 Å². The minimum absolute atomic E-state index is 1.13. The molecule has 0 aliphatic heterocycles. The Morgan fingerprint density at radius 3 is 2.33 bits per heavy atom. The molecular weight excluding hydrogens is 72.1 g/mol. The number of rotatable bonds is 1. The van der Waals surface area contributed by atoms with Gasteiger partial charge in [0.25, 0.3) is 0 Å². The highest BCUT2D eigenvalue weighted by atomic mass is 13.8. The van der Waals surface area contributed by atoms with Crippen molar-refractivity contribution in [2.75, 3.05) is 0 Å². The van der Waals surface area contributed by atoms with Gasteiger partial charge in [0.2, 0.25) is 0 Å². The molecule has 0 fully saturated rings. The molecule has 0 spiro atoms. The highest BCUT2D eigenvalue weighted by Crippen LogP contribution is 1.93. The molecule has 6 heavy (non-hydrogen) atoms. The van der Waals surface area contributed by atoms with Crippen LogP contribution in [0.25, 0.3) is 0 Å². The molecule has 35 valence electrons. The van der Waals surface area contributed by atoms with Gasteiger partial charge in [0.1, 0.15) is 0 Å². The third-order valence-corrected chi connectivity index (χ3v) is 0.906. The standard InChI is InChI=1S/C6H11/c1-4-6(3)5-2/h4H,1,5H2,2-3H3. The van der Waals surface area contributed by atoms with E-state index in [-0.39, 0.29) is 0 Å². The predicted octanol–water partition coefficient (Wildman–Crippen LogP) is 2.18. The van der Waals surface area contributed by atoms with Crippen LogP contribution in [0.3, 0.4) is 0 Å². The molecule has 0 rings (SSSR count). The summed E-state index contributed by atoms with van der Waals surface area (Å²) < 4.78 is 0. The van der Waals surface area contributed by atoms with Gasteiger partial charge >= 0.3 is 0 Å². The van der Waals surface area contributed by atoms with Crippen LogP contribution in [-0.2, 0) is 0 Å². The Morgan fingerprint density at radius 1 is 1.83 bits per heavy atom. The first-order chi connectivity index (χ1) is 2.81. The molecule has 0 aliphatic rings. The van der Waals surface area contributed by atoms with Crippen molar-refractivity contribution < 1.29 is 0 Å². The Morgan fingerprint density at radius 2 is 2.33 bits per heavy atom. The molecule has 0 aromatic rings. The first kappa shape index (κ1) is 5.74. The summed E-state index contributed by atoms with van der Waals surface area (Å²) >= 11 is 0. The molecule has 0 heterocycles. The van der Waals surface area contributed by atoms with E-state index in [0.717, 1.165) is 6.42 Å². The van der Waals surface area contributed by atoms with E-state index < -0.39 is 0 Å². The SMILES string of the molecule is [CH2]C=C(C)CC. The zero-order valence-corrected chi connectivity index (χ0v) is 4.49. The van der Waals surface area contributed by atoms with Gasteiger partial charge in [-0.15, -0.1) is 0 Å². The quantitative estimate of drug-likeness (QED) is 0.455. The first-order valence-electron chi connectivity index (χ1n) is 2.26. The summed E-state index contributed by atoms with van der Waals surface area (Å²) in [5.41, 5.74) is 1.36. The van der Waals surface area contributed by atoms with Gasteiger partial charge in [0.15, 0.2) is 0 Å². The van der Waals surface area contributed by atoms with Gasteiger partial charge in [-0.2, -0.15) is 0 Å². The van der Waals surface area contributed by atoms with E-state index in [1.807, 2.05) is 6.08 Å². The second-order valence-corrected chi connectivity index (χ2v) is 1.40. The first-order valence-corrected chi connectivity index (χ1v) is 2.26. The van der Waals surface area contributed by atoms with Crippen LogP contribution in [0, 0.1) is 6.92 Å². The molecule has 0 unspecified atom stereocenters. The van der Waals surface area contributed by atoms with Crippen molar-refractivity contribution in [1.82, 2.24) is 0 Å². The van der Waals surface area contributed by atoms with Gasteiger partial charge in [0, 0.05) is 0 Å². The minimum atomic E-state index is 1.13. The molecule has 0 amide bonds. The molecule has 1 radical (unpaired) electrons. The van der Waals surface area contributed by atoms with Gasteiger partial charge in [-0.25, -0.2) is 0 Å². The monoisotopic (exact) mass is 83.1 g/mol. The Balaban J connectivity index is 3.22. The highest BCUT2D eigenvalue weighted by Gasteiger charge is 1.73. The Labute approximate surface area is 39.9 Å². The van der Waals surface area contributed by atoms with Gasteiger partial charge in [-0.3, -0.25) is 0 Å².